The van der Waals surface area contributed by atoms with E-state index in [0.717, 1.165) is 47.2 Å². The molecule has 286 valence electrons. The number of aromatic nitrogens is 2. The molecule has 0 saturated heterocycles. The van der Waals surface area contributed by atoms with Crippen LogP contribution in [0.2, 0.25) is 0 Å². The van der Waals surface area contributed by atoms with Gasteiger partial charge in [0.05, 0.1) is 17.1 Å². The zero-order valence-electron chi connectivity index (χ0n) is 33.9. The number of fused-ring (bicyclic) bond motifs is 6. The number of benzene rings is 6. The molecule has 2 aromatic heterocycles. The highest BCUT2D eigenvalue weighted by Gasteiger charge is 2.46. The molecule has 0 spiro atoms. The molecule has 0 radical (unpaired) electrons. The number of hydrogen-bond acceptors (Lipinski definition) is 5. The highest BCUT2D eigenvalue weighted by molar-refractivity contribution is 5.96. The number of anilines is 9. The topological polar surface area (TPSA) is 35.5 Å². The molecule has 0 bridgehead atoms. The van der Waals surface area contributed by atoms with Gasteiger partial charge < -0.3 is 4.90 Å². The molecule has 3 aliphatic rings. The van der Waals surface area contributed by atoms with Crippen LogP contribution in [0.25, 0.3) is 16.8 Å². The molecule has 6 aromatic carbocycles. The zero-order chi connectivity index (χ0) is 39.9. The summed E-state index contributed by atoms with van der Waals surface area (Å²) in [7, 11) is 0. The van der Waals surface area contributed by atoms with Crippen molar-refractivity contribution in [2.24, 2.45) is 0 Å². The second-order valence-corrected chi connectivity index (χ2v) is 17.1. The van der Waals surface area contributed by atoms with Gasteiger partial charge in [-0.25, -0.2) is 9.97 Å². The second-order valence-electron chi connectivity index (χ2n) is 17.1. The molecule has 59 heavy (non-hydrogen) atoms. The summed E-state index contributed by atoms with van der Waals surface area (Å²) in [4.78, 5) is 17.1. The Kier molecular flexibility index (Phi) is 7.93. The lowest BCUT2D eigenvalue weighted by atomic mass is 9.66. The van der Waals surface area contributed by atoms with E-state index in [4.69, 9.17) is 9.97 Å². The van der Waals surface area contributed by atoms with Gasteiger partial charge in [0.1, 0.15) is 11.6 Å². The standard InChI is InChI=1S/C54H45N5/c1-53(2)44-19-9-10-20-48(44)59-49-28-27-42(57(50-21-11-13-29-55-50)40-25-23-36-15-5-7-17-38(36)31-40)33-45(49)54(3,4)47-35-43(34-46(53)52(47)59)58(51-22-12-14-30-56-51)41-26-24-37-16-6-8-18-39(37)32-41/h5-7,9-17,19-35H,8,18H2,1-4H3. The maximum Gasteiger partial charge on any atom is 0.137 e. The van der Waals surface area contributed by atoms with Crippen LogP contribution in [0.1, 0.15) is 67.5 Å². The van der Waals surface area contributed by atoms with Gasteiger partial charge in [-0.3, -0.25) is 9.80 Å². The Morgan fingerprint density at radius 1 is 0.492 bits per heavy atom. The van der Waals surface area contributed by atoms with Crippen molar-refractivity contribution in [1.29, 1.82) is 0 Å². The van der Waals surface area contributed by atoms with Crippen molar-refractivity contribution < 1.29 is 0 Å². The predicted molar refractivity (Wildman–Crippen MR) is 245 cm³/mol. The maximum absolute atomic E-state index is 4.98. The highest BCUT2D eigenvalue weighted by Crippen LogP contribution is 2.61. The minimum atomic E-state index is -0.389. The first-order valence-corrected chi connectivity index (χ1v) is 20.7. The molecule has 0 saturated carbocycles. The highest BCUT2D eigenvalue weighted by atomic mass is 15.2. The van der Waals surface area contributed by atoms with Gasteiger partial charge in [0.15, 0.2) is 0 Å². The van der Waals surface area contributed by atoms with Crippen LogP contribution in [-0.2, 0) is 17.3 Å². The lowest BCUT2D eigenvalue weighted by Crippen LogP contribution is -2.38. The molecule has 5 heteroatoms. The number of rotatable bonds is 6. The Bertz CT molecular complexity index is 2970. The van der Waals surface area contributed by atoms with E-state index in [0.29, 0.717) is 0 Å². The van der Waals surface area contributed by atoms with Crippen LogP contribution < -0.4 is 14.7 Å². The summed E-state index contributed by atoms with van der Waals surface area (Å²) < 4.78 is 0. The van der Waals surface area contributed by atoms with Crippen molar-refractivity contribution in [3.8, 4) is 0 Å². The van der Waals surface area contributed by atoms with Gasteiger partial charge in [-0.1, -0.05) is 107 Å². The summed E-state index contributed by atoms with van der Waals surface area (Å²) in [6.07, 6.45) is 10.4. The van der Waals surface area contributed by atoms with E-state index in [9.17, 15) is 0 Å². The van der Waals surface area contributed by atoms with Crippen LogP contribution in [0, 0.1) is 0 Å². The number of hydrogen-bond donors (Lipinski definition) is 0. The third-order valence-electron chi connectivity index (χ3n) is 12.9. The van der Waals surface area contributed by atoms with Crippen molar-refractivity contribution in [2.75, 3.05) is 14.7 Å². The number of pyridine rings is 2. The fraction of sp³-hybridized carbons (Fsp3) is 0.148. The van der Waals surface area contributed by atoms with Crippen molar-refractivity contribution in [3.05, 3.63) is 204 Å². The van der Waals surface area contributed by atoms with Crippen molar-refractivity contribution in [3.63, 3.8) is 0 Å². The van der Waals surface area contributed by atoms with Crippen molar-refractivity contribution >= 4 is 68.3 Å². The molecule has 8 aromatic rings. The maximum atomic E-state index is 4.98. The van der Waals surface area contributed by atoms with Gasteiger partial charge in [0, 0.05) is 46.0 Å². The van der Waals surface area contributed by atoms with Crippen LogP contribution in [0.15, 0.2) is 170 Å². The Hall–Kier alpha value is -6.98. The zero-order valence-corrected chi connectivity index (χ0v) is 33.9. The Balaban J connectivity index is 1.15. The minimum Gasteiger partial charge on any atom is -0.309 e. The molecular formula is C54H45N5. The van der Waals surface area contributed by atoms with E-state index in [-0.39, 0.29) is 10.8 Å². The van der Waals surface area contributed by atoms with E-state index in [1.165, 1.54) is 61.2 Å². The molecule has 4 heterocycles. The first kappa shape index (κ1) is 35.2. The van der Waals surface area contributed by atoms with Crippen LogP contribution in [-0.4, -0.2) is 9.97 Å². The number of para-hydroxylation sites is 1. The van der Waals surface area contributed by atoms with E-state index in [1.807, 2.05) is 24.5 Å². The van der Waals surface area contributed by atoms with Gasteiger partial charge in [-0.15, -0.1) is 0 Å². The first-order valence-electron chi connectivity index (χ1n) is 20.7. The Morgan fingerprint density at radius 2 is 1.07 bits per heavy atom. The summed E-state index contributed by atoms with van der Waals surface area (Å²) in [5, 5.41) is 2.41. The van der Waals surface area contributed by atoms with E-state index >= 15 is 0 Å². The van der Waals surface area contributed by atoms with Crippen LogP contribution >= 0.6 is 0 Å². The SMILES string of the molecule is CC1(C)c2ccccc2N2c3ccc(N(c4ccc5ccccc5c4)c4ccccn4)cc3C(C)(C)c3cc(N(c4ccc5c(c4)CCC=C5)c4ccccn4)cc1c32. The quantitative estimate of drug-likeness (QED) is 0.169. The molecular weight excluding hydrogens is 719 g/mol. The summed E-state index contributed by atoms with van der Waals surface area (Å²) in [6.45, 7) is 9.58. The predicted octanol–water partition coefficient (Wildman–Crippen LogP) is 14.3. The molecule has 0 amide bonds. The van der Waals surface area contributed by atoms with E-state index in [2.05, 4.69) is 194 Å². The smallest absolute Gasteiger partial charge is 0.137 e. The lowest BCUT2D eigenvalue weighted by molar-refractivity contribution is 0.597. The summed E-state index contributed by atoms with van der Waals surface area (Å²) in [6, 6.07) is 55.4. The van der Waals surface area contributed by atoms with Crippen LogP contribution in [0.3, 0.4) is 0 Å². The Labute approximate surface area is 346 Å². The van der Waals surface area contributed by atoms with Crippen molar-refractivity contribution in [2.45, 2.75) is 51.4 Å². The monoisotopic (exact) mass is 763 g/mol. The molecule has 0 atom stereocenters. The van der Waals surface area contributed by atoms with Gasteiger partial charge >= 0.3 is 0 Å². The molecule has 1 aliphatic carbocycles. The summed E-state index contributed by atoms with van der Waals surface area (Å²) >= 11 is 0. The average Bonchev–Trinajstić information content (AvgIpc) is 3.27. The number of allylic oxidation sites excluding steroid dienone is 1. The lowest BCUT2D eigenvalue weighted by Gasteiger charge is -2.50. The third-order valence-corrected chi connectivity index (χ3v) is 12.9. The number of nitrogens with zero attached hydrogens (tertiary/aromatic N) is 5. The summed E-state index contributed by atoms with van der Waals surface area (Å²) in [5.74, 6) is 1.77. The van der Waals surface area contributed by atoms with Crippen LogP contribution in [0.4, 0.5) is 51.4 Å². The minimum absolute atomic E-state index is 0.275. The van der Waals surface area contributed by atoms with Gasteiger partial charge in [0.25, 0.3) is 0 Å². The third kappa shape index (κ3) is 5.52. The van der Waals surface area contributed by atoms with Crippen LogP contribution in [0.5, 0.6) is 0 Å². The molecule has 0 fully saturated rings. The molecule has 0 unspecified atom stereocenters. The second kappa shape index (κ2) is 13.3. The first-order chi connectivity index (χ1) is 28.8. The average molecular weight is 764 g/mol. The molecule has 5 nitrogen and oxygen atoms in total. The van der Waals surface area contributed by atoms with E-state index < -0.39 is 0 Å². The largest absolute Gasteiger partial charge is 0.309 e. The molecule has 0 N–H and O–H groups in total. The summed E-state index contributed by atoms with van der Waals surface area (Å²) in [5.41, 5.74) is 15.2. The van der Waals surface area contributed by atoms with Gasteiger partial charge in [-0.2, -0.15) is 0 Å². The number of aryl methyl sites for hydroxylation is 1. The molecule has 11 rings (SSSR count). The normalized spacial score (nSPS) is 15.2. The van der Waals surface area contributed by atoms with Gasteiger partial charge in [0.2, 0.25) is 0 Å². The van der Waals surface area contributed by atoms with Crippen molar-refractivity contribution in [1.82, 2.24) is 9.97 Å². The molecule has 2 aliphatic heterocycles. The Morgan fingerprint density at radius 3 is 1.81 bits per heavy atom. The fourth-order valence-electron chi connectivity index (χ4n) is 9.83. The van der Waals surface area contributed by atoms with Gasteiger partial charge in [-0.05, 0) is 142 Å². The fourth-order valence-corrected chi connectivity index (χ4v) is 9.83. The van der Waals surface area contributed by atoms with E-state index in [1.54, 1.807) is 0 Å².